The van der Waals surface area contributed by atoms with E-state index in [1.54, 1.807) is 17.3 Å². The molecule has 23 heavy (non-hydrogen) atoms. The van der Waals surface area contributed by atoms with E-state index in [0.717, 1.165) is 4.34 Å². The molecule has 7 nitrogen and oxygen atoms in total. The van der Waals surface area contributed by atoms with Crippen molar-refractivity contribution < 1.29 is 14.4 Å². The first kappa shape index (κ1) is 16.3. The fraction of sp³-hybridized carbons (Fsp3) is 0.571. The third-order valence-corrected chi connectivity index (χ3v) is 6.54. The minimum atomic E-state index is -0.797. The molecule has 1 aromatic heterocycles. The highest BCUT2D eigenvalue weighted by molar-refractivity contribution is 8.00. The van der Waals surface area contributed by atoms with E-state index < -0.39 is 5.54 Å². The first-order valence-corrected chi connectivity index (χ1v) is 9.36. The van der Waals surface area contributed by atoms with E-state index in [1.807, 2.05) is 6.26 Å². The molecule has 0 unspecified atom stereocenters. The number of aromatic nitrogens is 1. The monoisotopic (exact) mass is 354 g/mol. The van der Waals surface area contributed by atoms with Gasteiger partial charge in [0.2, 0.25) is 0 Å². The van der Waals surface area contributed by atoms with E-state index in [4.69, 9.17) is 0 Å². The smallest absolute Gasteiger partial charge is 0.327 e. The molecule has 2 saturated heterocycles. The third-order valence-electron chi connectivity index (χ3n) is 4.67. The number of nitrogens with zero attached hydrogens (tertiary/aromatic N) is 4. The van der Waals surface area contributed by atoms with Crippen LogP contribution in [0.4, 0.5) is 4.79 Å². The number of likely N-dealkylation sites (N-methyl/N-ethyl adjacent to an activating group) is 2. The second-order valence-corrected chi connectivity index (χ2v) is 7.64. The number of rotatable bonds is 2. The molecule has 1 aromatic rings. The van der Waals surface area contributed by atoms with Crippen LogP contribution in [0.1, 0.15) is 23.3 Å². The van der Waals surface area contributed by atoms with Crippen molar-refractivity contribution in [2.24, 2.45) is 0 Å². The maximum absolute atomic E-state index is 12.5. The number of thiazole rings is 1. The van der Waals surface area contributed by atoms with Crippen LogP contribution in [0.15, 0.2) is 9.72 Å². The largest absolute Gasteiger partial charge is 0.337 e. The number of urea groups is 1. The maximum Gasteiger partial charge on any atom is 0.327 e. The summed E-state index contributed by atoms with van der Waals surface area (Å²) in [5, 5.41) is 1.77. The highest BCUT2D eigenvalue weighted by atomic mass is 32.2. The molecule has 3 rings (SSSR count). The average Bonchev–Trinajstić information content (AvgIpc) is 3.12. The van der Waals surface area contributed by atoms with Crippen molar-refractivity contribution in [1.29, 1.82) is 0 Å². The number of carbonyl (C=O) groups is 3. The molecule has 4 amide bonds. The van der Waals surface area contributed by atoms with E-state index in [2.05, 4.69) is 4.98 Å². The van der Waals surface area contributed by atoms with Crippen molar-refractivity contribution in [1.82, 2.24) is 19.7 Å². The normalized spacial score (nSPS) is 20.7. The first-order valence-electron chi connectivity index (χ1n) is 7.25. The molecule has 9 heteroatoms. The minimum Gasteiger partial charge on any atom is -0.337 e. The van der Waals surface area contributed by atoms with Crippen molar-refractivity contribution in [3.05, 3.63) is 11.1 Å². The van der Waals surface area contributed by atoms with Crippen LogP contribution in [-0.2, 0) is 4.79 Å². The van der Waals surface area contributed by atoms with Crippen LogP contribution in [0.3, 0.4) is 0 Å². The van der Waals surface area contributed by atoms with Gasteiger partial charge in [0.15, 0.2) is 0 Å². The molecule has 0 saturated carbocycles. The Labute approximate surface area is 142 Å². The molecule has 124 valence electrons. The summed E-state index contributed by atoms with van der Waals surface area (Å²) in [6, 6.07) is -0.279. The summed E-state index contributed by atoms with van der Waals surface area (Å²) in [5.74, 6) is -0.278. The van der Waals surface area contributed by atoms with Gasteiger partial charge in [-0.15, -0.1) is 11.3 Å². The van der Waals surface area contributed by atoms with E-state index in [-0.39, 0.29) is 17.8 Å². The zero-order valence-electron chi connectivity index (χ0n) is 13.2. The number of thioether (sulfide) groups is 1. The van der Waals surface area contributed by atoms with Crippen molar-refractivity contribution >= 4 is 40.9 Å². The topological polar surface area (TPSA) is 73.8 Å². The van der Waals surface area contributed by atoms with Gasteiger partial charge in [-0.2, -0.15) is 0 Å². The van der Waals surface area contributed by atoms with Crippen LogP contribution >= 0.6 is 23.1 Å². The van der Waals surface area contributed by atoms with E-state index in [9.17, 15) is 14.4 Å². The quantitative estimate of drug-likeness (QED) is 0.592. The average molecular weight is 354 g/mol. The zero-order chi connectivity index (χ0) is 16.8. The molecule has 2 fully saturated rings. The Kier molecular flexibility index (Phi) is 4.09. The summed E-state index contributed by atoms with van der Waals surface area (Å²) in [5.41, 5.74) is -0.343. The molecule has 2 aliphatic heterocycles. The predicted octanol–water partition coefficient (Wildman–Crippen LogP) is 1.36. The summed E-state index contributed by atoms with van der Waals surface area (Å²) in [6.45, 7) is 0.893. The number of piperidine rings is 1. The molecule has 0 aromatic carbocycles. The SMILES string of the molecule is CSc1nc(C(=O)N2CCC3(CC2)C(=O)N(C)C(=O)N3C)cs1. The zero-order valence-corrected chi connectivity index (χ0v) is 14.9. The van der Waals surface area contributed by atoms with Crippen molar-refractivity contribution in [2.45, 2.75) is 22.7 Å². The van der Waals surface area contributed by atoms with Gasteiger partial charge in [-0.05, 0) is 19.1 Å². The molecule has 1 spiro atoms. The van der Waals surface area contributed by atoms with Gasteiger partial charge in [0.25, 0.3) is 11.8 Å². The number of amides is 4. The summed E-state index contributed by atoms with van der Waals surface area (Å²) in [4.78, 5) is 45.7. The van der Waals surface area contributed by atoms with Gasteiger partial charge in [-0.25, -0.2) is 9.78 Å². The lowest BCUT2D eigenvalue weighted by molar-refractivity contribution is -0.134. The molecule has 0 N–H and O–H groups in total. The van der Waals surface area contributed by atoms with Gasteiger partial charge in [-0.3, -0.25) is 14.5 Å². The van der Waals surface area contributed by atoms with Gasteiger partial charge in [-0.1, -0.05) is 11.8 Å². The van der Waals surface area contributed by atoms with Gasteiger partial charge < -0.3 is 9.80 Å². The first-order chi connectivity index (χ1) is 10.9. The van der Waals surface area contributed by atoms with Crippen LogP contribution < -0.4 is 0 Å². The Hall–Kier alpha value is -1.61. The summed E-state index contributed by atoms with van der Waals surface area (Å²) in [6.07, 6.45) is 2.85. The summed E-state index contributed by atoms with van der Waals surface area (Å²) in [7, 11) is 3.17. The number of hydrogen-bond acceptors (Lipinski definition) is 6. The van der Waals surface area contributed by atoms with Crippen LogP contribution in [-0.4, -0.2) is 76.5 Å². The predicted molar refractivity (Wildman–Crippen MR) is 87.7 cm³/mol. The standard InChI is InChI=1S/C14H18N4O3S2/c1-16-11(20)14(17(2)13(16)21)4-6-18(7-5-14)10(19)9-8-23-12(15-9)22-3/h8H,4-7H2,1-3H3. The van der Waals surface area contributed by atoms with Crippen LogP contribution in [0.25, 0.3) is 0 Å². The maximum atomic E-state index is 12.5. The van der Waals surface area contributed by atoms with Gasteiger partial charge >= 0.3 is 6.03 Å². The Bertz CT molecular complexity index is 667. The molecular formula is C14H18N4O3S2. The van der Waals surface area contributed by atoms with Crippen LogP contribution in [0, 0.1) is 0 Å². The number of carbonyl (C=O) groups excluding carboxylic acids is 3. The molecule has 0 bridgehead atoms. The Morgan fingerprint density at radius 2 is 1.96 bits per heavy atom. The highest BCUT2D eigenvalue weighted by Crippen LogP contribution is 2.35. The van der Waals surface area contributed by atoms with Crippen molar-refractivity contribution in [2.75, 3.05) is 33.4 Å². The number of imide groups is 1. The van der Waals surface area contributed by atoms with Crippen molar-refractivity contribution in [3.63, 3.8) is 0 Å². The Morgan fingerprint density at radius 3 is 2.43 bits per heavy atom. The van der Waals surface area contributed by atoms with Gasteiger partial charge in [0.1, 0.15) is 15.6 Å². The lowest BCUT2D eigenvalue weighted by atomic mass is 9.86. The van der Waals surface area contributed by atoms with Crippen LogP contribution in [0.2, 0.25) is 0 Å². The number of likely N-dealkylation sites (tertiary alicyclic amines) is 1. The fourth-order valence-corrected chi connectivity index (χ4v) is 4.43. The third kappa shape index (κ3) is 2.42. The molecule has 0 atom stereocenters. The lowest BCUT2D eigenvalue weighted by Crippen LogP contribution is -2.56. The lowest BCUT2D eigenvalue weighted by Gasteiger charge is -2.40. The Morgan fingerprint density at radius 1 is 1.30 bits per heavy atom. The van der Waals surface area contributed by atoms with Gasteiger partial charge in [0.05, 0.1) is 0 Å². The van der Waals surface area contributed by atoms with Crippen molar-refractivity contribution in [3.8, 4) is 0 Å². The van der Waals surface area contributed by atoms with E-state index in [0.29, 0.717) is 31.6 Å². The Balaban J connectivity index is 1.72. The summed E-state index contributed by atoms with van der Waals surface area (Å²) >= 11 is 2.97. The van der Waals surface area contributed by atoms with Crippen LogP contribution in [0.5, 0.6) is 0 Å². The molecule has 0 radical (unpaired) electrons. The minimum absolute atomic E-state index is 0.107. The molecule has 3 heterocycles. The van der Waals surface area contributed by atoms with Gasteiger partial charge in [0, 0.05) is 32.6 Å². The molecule has 2 aliphatic rings. The molecular weight excluding hydrogens is 336 g/mol. The second kappa shape index (κ2) is 5.79. The van der Waals surface area contributed by atoms with E-state index in [1.165, 1.54) is 39.9 Å². The molecule has 0 aliphatic carbocycles. The number of hydrogen-bond donors (Lipinski definition) is 0. The second-order valence-electron chi connectivity index (χ2n) is 5.73. The van der Waals surface area contributed by atoms with E-state index >= 15 is 0 Å². The highest BCUT2D eigenvalue weighted by Gasteiger charge is 2.55. The summed E-state index contributed by atoms with van der Waals surface area (Å²) < 4.78 is 0.861. The fourth-order valence-electron chi connectivity index (χ4n) is 3.19.